The monoisotopic (exact) mass is 535 g/mol. The Morgan fingerprint density at radius 3 is 1.57 bits per heavy atom. The van der Waals surface area contributed by atoms with Gasteiger partial charge in [0.1, 0.15) is 0 Å². The van der Waals surface area contributed by atoms with E-state index in [2.05, 4.69) is 155 Å². The zero-order valence-electron chi connectivity index (χ0n) is 22.8. The lowest BCUT2D eigenvalue weighted by Crippen LogP contribution is -1.99. The highest BCUT2D eigenvalue weighted by Crippen LogP contribution is 2.46. The van der Waals surface area contributed by atoms with Crippen LogP contribution in [0.4, 0.5) is 0 Å². The minimum Gasteiger partial charge on any atom is -0.307 e. The molecule has 0 unspecified atom stereocenters. The number of pyridine rings is 1. The number of rotatable bonds is 3. The number of hydrogen-bond acceptors (Lipinski definition) is 1. The molecule has 0 aliphatic carbocycles. The molecule has 0 aliphatic rings. The van der Waals surface area contributed by atoms with E-state index in [1.165, 1.54) is 60.1 Å². The highest BCUT2D eigenvalue weighted by molar-refractivity contribution is 6.35. The molecular weight excluding hydrogens is 510 g/mol. The highest BCUT2D eigenvalue weighted by Gasteiger charge is 2.24. The summed E-state index contributed by atoms with van der Waals surface area (Å²) in [5.41, 5.74) is 10.5. The molecule has 3 nitrogen and oxygen atoms in total. The molecule has 0 atom stereocenters. The van der Waals surface area contributed by atoms with Crippen molar-refractivity contribution in [2.24, 2.45) is 0 Å². The second kappa shape index (κ2) is 8.92. The molecule has 3 heterocycles. The van der Waals surface area contributed by atoms with E-state index in [0.29, 0.717) is 0 Å². The molecule has 0 N–H and O–H groups in total. The predicted octanol–water partition coefficient (Wildman–Crippen LogP) is 10.1. The summed E-state index contributed by atoms with van der Waals surface area (Å²) in [6.45, 7) is 0. The first kappa shape index (κ1) is 23.1. The van der Waals surface area contributed by atoms with Crippen molar-refractivity contribution in [3.63, 3.8) is 0 Å². The lowest BCUT2D eigenvalue weighted by Gasteiger charge is -2.14. The largest absolute Gasteiger partial charge is 0.307 e. The Kier molecular flexibility index (Phi) is 4.90. The minimum atomic E-state index is 1.04. The minimum absolute atomic E-state index is 1.04. The highest BCUT2D eigenvalue weighted by atomic mass is 15.0. The normalized spacial score (nSPS) is 11.8. The van der Waals surface area contributed by atoms with Gasteiger partial charge < -0.3 is 9.13 Å². The van der Waals surface area contributed by atoms with Gasteiger partial charge in [0, 0.05) is 44.5 Å². The molecule has 42 heavy (non-hydrogen) atoms. The van der Waals surface area contributed by atoms with Gasteiger partial charge in [-0.05, 0) is 53.6 Å². The van der Waals surface area contributed by atoms with Gasteiger partial charge in [0.25, 0.3) is 0 Å². The number of para-hydroxylation sites is 3. The second-order valence-corrected chi connectivity index (χ2v) is 10.8. The zero-order chi connectivity index (χ0) is 27.6. The molecular formula is C39H25N3. The van der Waals surface area contributed by atoms with E-state index in [0.717, 1.165) is 16.9 Å². The van der Waals surface area contributed by atoms with E-state index < -0.39 is 0 Å². The molecule has 0 amide bonds. The number of benzene rings is 6. The van der Waals surface area contributed by atoms with Crippen LogP contribution in [0, 0.1) is 0 Å². The average molecular weight is 536 g/mol. The van der Waals surface area contributed by atoms with Crippen LogP contribution in [-0.2, 0) is 0 Å². The van der Waals surface area contributed by atoms with Crippen LogP contribution in [0.25, 0.3) is 77.0 Å². The summed E-state index contributed by atoms with van der Waals surface area (Å²) in [5, 5.41) is 6.02. The zero-order valence-corrected chi connectivity index (χ0v) is 22.8. The Morgan fingerprint density at radius 1 is 0.381 bits per heavy atom. The van der Waals surface area contributed by atoms with Crippen LogP contribution < -0.4 is 0 Å². The first-order valence-electron chi connectivity index (χ1n) is 14.3. The van der Waals surface area contributed by atoms with E-state index >= 15 is 0 Å². The molecule has 0 saturated heterocycles. The van der Waals surface area contributed by atoms with Gasteiger partial charge in [-0.3, -0.25) is 4.98 Å². The molecule has 196 valence electrons. The van der Waals surface area contributed by atoms with Crippen molar-refractivity contribution in [2.75, 3.05) is 0 Å². The summed E-state index contributed by atoms with van der Waals surface area (Å²) in [7, 11) is 0. The molecule has 3 heteroatoms. The van der Waals surface area contributed by atoms with Gasteiger partial charge in [-0.25, -0.2) is 0 Å². The molecule has 0 radical (unpaired) electrons. The number of hydrogen-bond donors (Lipinski definition) is 0. The predicted molar refractivity (Wildman–Crippen MR) is 176 cm³/mol. The van der Waals surface area contributed by atoms with Gasteiger partial charge in [0.05, 0.1) is 27.6 Å². The number of fused-ring (bicyclic) bond motifs is 10. The summed E-state index contributed by atoms with van der Waals surface area (Å²) in [4.78, 5) is 5.03. The van der Waals surface area contributed by atoms with Gasteiger partial charge in [-0.1, -0.05) is 103 Å². The Balaban J connectivity index is 1.52. The van der Waals surface area contributed by atoms with Crippen LogP contribution in [0.5, 0.6) is 0 Å². The molecule has 9 rings (SSSR count). The molecule has 9 aromatic rings. The van der Waals surface area contributed by atoms with Crippen molar-refractivity contribution in [1.29, 1.82) is 0 Å². The maximum Gasteiger partial charge on any atom is 0.0811 e. The molecule has 3 aromatic heterocycles. The van der Waals surface area contributed by atoms with Crippen LogP contribution in [0.1, 0.15) is 0 Å². The standard InChI is InChI=1S/C39H25N3/c1-3-12-26(13-4-1)27-21-23-29(24-22-27)42-33-19-9-7-16-30(33)35-32-18-11-25-40-37(32)36-31-17-8-10-20-34(31)41(39(36)38(35)42)28-14-5-2-6-15-28/h1-25H. The Bertz CT molecular complexity index is 2430. The average Bonchev–Trinajstić information content (AvgIpc) is 3.60. The lowest BCUT2D eigenvalue weighted by molar-refractivity contribution is 1.15. The maximum absolute atomic E-state index is 5.03. The Morgan fingerprint density at radius 2 is 0.881 bits per heavy atom. The van der Waals surface area contributed by atoms with E-state index in [9.17, 15) is 0 Å². The van der Waals surface area contributed by atoms with Crippen LogP contribution in [-0.4, -0.2) is 14.1 Å². The van der Waals surface area contributed by atoms with E-state index in [1.807, 2.05) is 6.20 Å². The third kappa shape index (κ3) is 3.19. The van der Waals surface area contributed by atoms with Crippen LogP contribution >= 0.6 is 0 Å². The summed E-state index contributed by atoms with van der Waals surface area (Å²) in [5.74, 6) is 0. The second-order valence-electron chi connectivity index (χ2n) is 10.8. The van der Waals surface area contributed by atoms with Crippen LogP contribution in [0.15, 0.2) is 152 Å². The lowest BCUT2D eigenvalue weighted by atomic mass is 10.0. The van der Waals surface area contributed by atoms with Gasteiger partial charge in [-0.2, -0.15) is 0 Å². The quantitative estimate of drug-likeness (QED) is 0.221. The van der Waals surface area contributed by atoms with E-state index in [4.69, 9.17) is 4.98 Å². The summed E-state index contributed by atoms with van der Waals surface area (Å²) in [6, 6.07) is 52.0. The fourth-order valence-electron chi connectivity index (χ4n) is 6.79. The van der Waals surface area contributed by atoms with Gasteiger partial charge in [-0.15, -0.1) is 0 Å². The van der Waals surface area contributed by atoms with Crippen molar-refractivity contribution in [2.45, 2.75) is 0 Å². The topological polar surface area (TPSA) is 22.8 Å². The Labute approximate surface area is 242 Å². The Hall–Kier alpha value is -5.67. The van der Waals surface area contributed by atoms with E-state index in [1.54, 1.807) is 0 Å². The van der Waals surface area contributed by atoms with Crippen molar-refractivity contribution in [3.05, 3.63) is 152 Å². The van der Waals surface area contributed by atoms with Crippen molar-refractivity contribution in [1.82, 2.24) is 14.1 Å². The molecule has 6 aromatic carbocycles. The fourth-order valence-corrected chi connectivity index (χ4v) is 6.79. The van der Waals surface area contributed by atoms with Crippen molar-refractivity contribution >= 4 is 54.5 Å². The van der Waals surface area contributed by atoms with Gasteiger partial charge >= 0.3 is 0 Å². The van der Waals surface area contributed by atoms with Gasteiger partial charge in [0.2, 0.25) is 0 Å². The summed E-state index contributed by atoms with van der Waals surface area (Å²) in [6.07, 6.45) is 1.92. The maximum atomic E-state index is 5.03. The van der Waals surface area contributed by atoms with E-state index in [-0.39, 0.29) is 0 Å². The third-order valence-electron chi connectivity index (χ3n) is 8.53. The van der Waals surface area contributed by atoms with Crippen molar-refractivity contribution in [3.8, 4) is 22.5 Å². The summed E-state index contributed by atoms with van der Waals surface area (Å²) >= 11 is 0. The van der Waals surface area contributed by atoms with Crippen LogP contribution in [0.2, 0.25) is 0 Å². The first-order valence-corrected chi connectivity index (χ1v) is 14.3. The SMILES string of the molecule is c1ccc(-c2ccc(-n3c4ccccc4c4c5cccnc5c5c6ccccc6n(-c6ccccc6)c5c43)cc2)cc1. The third-order valence-corrected chi connectivity index (χ3v) is 8.53. The molecule has 0 saturated carbocycles. The fraction of sp³-hybridized carbons (Fsp3) is 0. The molecule has 0 fully saturated rings. The van der Waals surface area contributed by atoms with Crippen molar-refractivity contribution < 1.29 is 0 Å². The van der Waals surface area contributed by atoms with Crippen LogP contribution in [0.3, 0.4) is 0 Å². The molecule has 0 aliphatic heterocycles. The number of nitrogens with zero attached hydrogens (tertiary/aromatic N) is 3. The smallest absolute Gasteiger partial charge is 0.0811 e. The molecule has 0 bridgehead atoms. The molecule has 0 spiro atoms. The first-order chi connectivity index (χ1) is 20.9. The van der Waals surface area contributed by atoms with Gasteiger partial charge in [0.15, 0.2) is 0 Å². The summed E-state index contributed by atoms with van der Waals surface area (Å²) < 4.78 is 4.88. The number of aromatic nitrogens is 3.